The fourth-order valence-electron chi connectivity index (χ4n) is 10.1. The minimum atomic E-state index is -0.977. The fraction of sp³-hybridized carbons (Fsp3) is 0.370. The summed E-state index contributed by atoms with van der Waals surface area (Å²) in [6.07, 6.45) is 16.3. The number of fused-ring (bicyclic) bond motifs is 2. The van der Waals surface area contributed by atoms with E-state index < -0.39 is 29.7 Å². The Kier molecular flexibility index (Phi) is 9.42. The van der Waals surface area contributed by atoms with E-state index in [-0.39, 0.29) is 30.2 Å². The molecule has 17 nitrogen and oxygen atoms in total. The topological polar surface area (TPSA) is 198 Å². The van der Waals surface area contributed by atoms with Gasteiger partial charge < -0.3 is 25.2 Å². The van der Waals surface area contributed by atoms with Crippen LogP contribution in [0.25, 0.3) is 11.0 Å². The van der Waals surface area contributed by atoms with Gasteiger partial charge in [-0.25, -0.2) is 24.6 Å². The zero-order valence-electron chi connectivity index (χ0n) is 34.6. The van der Waals surface area contributed by atoms with Crippen molar-refractivity contribution in [1.29, 1.82) is 0 Å². The average Bonchev–Trinajstić information content (AvgIpc) is 3.81. The predicted molar refractivity (Wildman–Crippen MR) is 233 cm³/mol. The van der Waals surface area contributed by atoms with Crippen molar-refractivity contribution in [2.75, 3.05) is 59.7 Å². The van der Waals surface area contributed by atoms with Crippen LogP contribution in [-0.2, 0) is 9.59 Å². The lowest BCUT2D eigenvalue weighted by atomic mass is 9.71. The van der Waals surface area contributed by atoms with Crippen molar-refractivity contribution in [3.05, 3.63) is 108 Å². The second-order valence-corrected chi connectivity index (χ2v) is 17.5. The summed E-state index contributed by atoms with van der Waals surface area (Å²) in [4.78, 5) is 77.2. The first-order chi connectivity index (χ1) is 30.7. The Balaban J connectivity index is 0.684. The monoisotopic (exact) mass is 846 g/mol. The standard InChI is InChI=1S/C46H46N12O5/c47-40-38-39(28-6-9-33(10-7-28)63-32-4-2-1-3-5-32)53-58(41(38)51-27-50-40)29-14-18-54(19-15-29)31-23-48-45(49-24-31)55-20-16-46(17-21-55)25-56(26-46)30-8-11-34-35(22-30)44(62)57(43(34)61)36-12-13-37(59)52-42(36)60/h1-6,8-11,22-24,27-29,36H,7,12-21,25-26H2,(H2,47,50,51)(H,52,59,60). The molecule has 2 atom stereocenters. The third-order valence-corrected chi connectivity index (χ3v) is 13.7. The van der Waals surface area contributed by atoms with Gasteiger partial charge in [-0.05, 0) is 81.0 Å². The van der Waals surface area contributed by atoms with Crippen LogP contribution in [0.15, 0.2) is 91.2 Å². The van der Waals surface area contributed by atoms with Gasteiger partial charge in [0.2, 0.25) is 17.8 Å². The molecule has 4 fully saturated rings. The van der Waals surface area contributed by atoms with Crippen molar-refractivity contribution in [3.8, 4) is 5.75 Å². The number of nitrogens with two attached hydrogens (primary N) is 1. The van der Waals surface area contributed by atoms with Crippen LogP contribution in [0.4, 0.5) is 23.1 Å². The number of benzene rings is 2. The van der Waals surface area contributed by atoms with Gasteiger partial charge in [0.05, 0.1) is 46.3 Å². The molecule has 11 rings (SSSR count). The van der Waals surface area contributed by atoms with E-state index in [1.54, 1.807) is 12.1 Å². The van der Waals surface area contributed by atoms with Crippen LogP contribution in [0.5, 0.6) is 5.75 Å². The van der Waals surface area contributed by atoms with Gasteiger partial charge >= 0.3 is 0 Å². The van der Waals surface area contributed by atoms with E-state index in [1.807, 2.05) is 54.9 Å². The smallest absolute Gasteiger partial charge is 0.262 e. The number of rotatable bonds is 8. The van der Waals surface area contributed by atoms with Crippen molar-refractivity contribution in [2.24, 2.45) is 5.41 Å². The van der Waals surface area contributed by atoms with Crippen molar-refractivity contribution < 1.29 is 23.9 Å². The fourth-order valence-corrected chi connectivity index (χ4v) is 10.1. The molecular formula is C46H46N12O5. The maximum absolute atomic E-state index is 13.4. The molecule has 3 N–H and O–H groups in total. The number of anilines is 4. The molecule has 3 aromatic heterocycles. The third-order valence-electron chi connectivity index (χ3n) is 13.7. The van der Waals surface area contributed by atoms with E-state index >= 15 is 0 Å². The minimum absolute atomic E-state index is 0.0234. The molecule has 0 radical (unpaired) electrons. The molecule has 2 unspecified atom stereocenters. The van der Waals surface area contributed by atoms with Gasteiger partial charge in [0.25, 0.3) is 11.8 Å². The molecule has 0 saturated carbocycles. The van der Waals surface area contributed by atoms with Crippen LogP contribution in [-0.4, -0.2) is 104 Å². The van der Waals surface area contributed by atoms with E-state index in [1.165, 1.54) is 6.33 Å². The number of ether oxygens (including phenoxy) is 1. The number of carbonyl (C=O) groups is 4. The summed E-state index contributed by atoms with van der Waals surface area (Å²) in [7, 11) is 0. The molecule has 1 spiro atoms. The number of hydrogen-bond acceptors (Lipinski definition) is 14. The number of amides is 4. The number of nitrogen functional groups attached to an aromatic ring is 1. The normalized spacial score (nSPS) is 22.4. The van der Waals surface area contributed by atoms with Gasteiger partial charge in [0.15, 0.2) is 5.65 Å². The van der Waals surface area contributed by atoms with Crippen LogP contribution in [0.2, 0.25) is 0 Å². The maximum Gasteiger partial charge on any atom is 0.262 e. The Hall–Kier alpha value is -7.17. The number of nitrogens with one attached hydrogen (secondary N) is 1. The molecule has 17 heteroatoms. The van der Waals surface area contributed by atoms with Gasteiger partial charge in [0.1, 0.15) is 29.7 Å². The number of carbonyl (C=O) groups excluding carboxylic acids is 4. The highest BCUT2D eigenvalue weighted by Crippen LogP contribution is 2.44. The van der Waals surface area contributed by atoms with Crippen LogP contribution in [0.1, 0.15) is 83.3 Å². The number of imide groups is 2. The van der Waals surface area contributed by atoms with Gasteiger partial charge in [-0.2, -0.15) is 5.10 Å². The van der Waals surface area contributed by atoms with Crippen LogP contribution in [0.3, 0.4) is 0 Å². The summed E-state index contributed by atoms with van der Waals surface area (Å²) in [5.74, 6) is 0.826. The third kappa shape index (κ3) is 6.91. The molecular weight excluding hydrogens is 801 g/mol. The quantitative estimate of drug-likeness (QED) is 0.206. The summed E-state index contributed by atoms with van der Waals surface area (Å²) >= 11 is 0. The largest absolute Gasteiger partial charge is 0.458 e. The first-order valence-electron chi connectivity index (χ1n) is 21.7. The van der Waals surface area contributed by atoms with Gasteiger partial charge in [-0.3, -0.25) is 29.4 Å². The van der Waals surface area contributed by atoms with Crippen molar-refractivity contribution in [2.45, 2.75) is 62.9 Å². The first kappa shape index (κ1) is 38.7. The molecule has 5 aromatic rings. The van der Waals surface area contributed by atoms with Crippen LogP contribution in [0, 0.1) is 5.41 Å². The Morgan fingerprint density at radius 3 is 2.29 bits per heavy atom. The highest BCUT2D eigenvalue weighted by Gasteiger charge is 2.48. The lowest BCUT2D eigenvalue weighted by molar-refractivity contribution is -0.136. The summed E-state index contributed by atoms with van der Waals surface area (Å²) in [5, 5.41) is 8.23. The lowest BCUT2D eigenvalue weighted by Crippen LogP contribution is -2.60. The molecule has 320 valence electrons. The summed E-state index contributed by atoms with van der Waals surface area (Å²) < 4.78 is 8.11. The predicted octanol–water partition coefficient (Wildman–Crippen LogP) is 4.55. The SMILES string of the molecule is Nc1ncnc2c1c(C1C=CC(Oc3ccccc3)=CC1)nn2C1CCN(c2cnc(N3CCC4(CC3)CN(c3ccc5c(c3)C(=O)N(C3CCC(=O)NC3=O)C5=O)C4)nc2)CC1. The van der Waals surface area contributed by atoms with Gasteiger partial charge in [0, 0.05) is 62.7 Å². The van der Waals surface area contributed by atoms with E-state index in [0.29, 0.717) is 16.9 Å². The second-order valence-electron chi connectivity index (χ2n) is 17.5. The van der Waals surface area contributed by atoms with E-state index in [4.69, 9.17) is 25.5 Å². The van der Waals surface area contributed by atoms with Gasteiger partial charge in [-0.15, -0.1) is 0 Å². The lowest BCUT2D eigenvalue weighted by Gasteiger charge is -2.55. The molecule has 8 heterocycles. The van der Waals surface area contributed by atoms with Crippen LogP contribution >= 0.6 is 0 Å². The van der Waals surface area contributed by atoms with Crippen molar-refractivity contribution in [1.82, 2.24) is 39.9 Å². The van der Waals surface area contributed by atoms with Gasteiger partial charge in [-0.1, -0.05) is 24.3 Å². The Morgan fingerprint density at radius 2 is 1.56 bits per heavy atom. The van der Waals surface area contributed by atoms with E-state index in [9.17, 15) is 19.2 Å². The number of hydrogen-bond donors (Lipinski definition) is 2. The first-order valence-corrected chi connectivity index (χ1v) is 21.7. The number of piperidine rings is 3. The number of aromatic nitrogens is 6. The minimum Gasteiger partial charge on any atom is -0.458 e. The number of para-hydroxylation sites is 1. The van der Waals surface area contributed by atoms with E-state index in [2.05, 4.69) is 46.8 Å². The summed E-state index contributed by atoms with van der Waals surface area (Å²) in [6.45, 7) is 5.05. The average molecular weight is 847 g/mol. The molecule has 6 aliphatic rings. The van der Waals surface area contributed by atoms with E-state index in [0.717, 1.165) is 122 Å². The Morgan fingerprint density at radius 1 is 0.794 bits per heavy atom. The molecule has 63 heavy (non-hydrogen) atoms. The molecule has 1 aliphatic carbocycles. The van der Waals surface area contributed by atoms with Crippen LogP contribution < -0.4 is 30.5 Å². The maximum atomic E-state index is 13.4. The van der Waals surface area contributed by atoms with Crippen molar-refractivity contribution >= 4 is 57.8 Å². The Bertz CT molecular complexity index is 2710. The zero-order chi connectivity index (χ0) is 42.8. The summed E-state index contributed by atoms with van der Waals surface area (Å²) in [5.41, 5.74) is 10.8. The number of nitrogens with zero attached hydrogens (tertiary/aromatic N) is 10. The second kappa shape index (κ2) is 15.3. The molecule has 0 bridgehead atoms. The zero-order valence-corrected chi connectivity index (χ0v) is 34.6. The highest BCUT2D eigenvalue weighted by molar-refractivity contribution is 6.23. The number of allylic oxidation sites excluding steroid dienone is 3. The highest BCUT2D eigenvalue weighted by atomic mass is 16.5. The molecule has 2 aromatic carbocycles. The van der Waals surface area contributed by atoms with Crippen molar-refractivity contribution in [3.63, 3.8) is 0 Å². The molecule has 4 saturated heterocycles. The molecule has 4 amide bonds. The molecule has 5 aliphatic heterocycles. The summed E-state index contributed by atoms with van der Waals surface area (Å²) in [6, 6.07) is 14.3. The Labute approximate surface area is 362 Å².